The SMILES string of the molecule is CCCC1CCC(C2CCC(COc3ccc(OCC)c(I)c3I)CC2)CC1. The summed E-state index contributed by atoms with van der Waals surface area (Å²) in [5, 5.41) is 0. The molecule has 0 aliphatic heterocycles. The van der Waals surface area contributed by atoms with Crippen LogP contribution in [0.3, 0.4) is 0 Å². The Kier molecular flexibility index (Phi) is 9.52. The molecule has 0 spiro atoms. The van der Waals surface area contributed by atoms with Crippen LogP contribution >= 0.6 is 45.2 Å². The Bertz CT molecular complexity index is 603. The molecule has 2 aliphatic rings. The first kappa shape index (κ1) is 23.0. The van der Waals surface area contributed by atoms with Crippen LogP contribution in [0.5, 0.6) is 11.5 Å². The molecule has 0 bridgehead atoms. The largest absolute Gasteiger partial charge is 0.493 e. The van der Waals surface area contributed by atoms with Crippen molar-refractivity contribution in [2.75, 3.05) is 13.2 Å². The maximum Gasteiger partial charge on any atom is 0.133 e. The zero-order valence-corrected chi connectivity index (χ0v) is 21.8. The lowest BCUT2D eigenvalue weighted by Crippen LogP contribution is -2.27. The first-order chi connectivity index (χ1) is 13.6. The maximum atomic E-state index is 6.24. The van der Waals surface area contributed by atoms with Crippen molar-refractivity contribution in [2.24, 2.45) is 23.7 Å². The van der Waals surface area contributed by atoms with Crippen LogP contribution in [0.1, 0.15) is 78.1 Å². The van der Waals surface area contributed by atoms with Gasteiger partial charge >= 0.3 is 0 Å². The molecular weight excluding hydrogens is 574 g/mol. The van der Waals surface area contributed by atoms with Gasteiger partial charge in [-0.2, -0.15) is 0 Å². The van der Waals surface area contributed by atoms with E-state index in [0.717, 1.165) is 41.8 Å². The third-order valence-corrected chi connectivity index (χ3v) is 10.1. The predicted molar refractivity (Wildman–Crippen MR) is 134 cm³/mol. The highest BCUT2D eigenvalue weighted by Gasteiger charge is 2.31. The van der Waals surface area contributed by atoms with Gasteiger partial charge in [0.05, 0.1) is 20.4 Å². The minimum absolute atomic E-state index is 0.704. The summed E-state index contributed by atoms with van der Waals surface area (Å²) in [5.74, 6) is 5.76. The minimum Gasteiger partial charge on any atom is -0.493 e. The Hall–Kier alpha value is 0.280. The number of rotatable bonds is 8. The molecule has 0 aromatic heterocycles. The van der Waals surface area contributed by atoms with E-state index in [1.165, 1.54) is 71.3 Å². The standard InChI is InChI=1S/C24H36I2O2/c1-3-5-17-6-10-19(11-7-17)20-12-8-18(9-13-20)16-28-22-15-14-21(27-4-2)23(25)24(22)26/h14-15,17-20H,3-13,16H2,1-2H3. The van der Waals surface area contributed by atoms with Gasteiger partial charge in [-0.25, -0.2) is 0 Å². The summed E-state index contributed by atoms with van der Waals surface area (Å²) in [7, 11) is 0. The van der Waals surface area contributed by atoms with E-state index in [4.69, 9.17) is 9.47 Å². The second-order valence-corrected chi connectivity index (χ2v) is 10.9. The zero-order valence-electron chi connectivity index (χ0n) is 17.5. The zero-order chi connectivity index (χ0) is 19.9. The minimum atomic E-state index is 0.704. The quantitative estimate of drug-likeness (QED) is 0.277. The lowest BCUT2D eigenvalue weighted by molar-refractivity contribution is 0.121. The van der Waals surface area contributed by atoms with E-state index >= 15 is 0 Å². The first-order valence-corrected chi connectivity index (χ1v) is 13.5. The third-order valence-electron chi connectivity index (χ3n) is 6.93. The highest BCUT2D eigenvalue weighted by molar-refractivity contribution is 14.1. The van der Waals surface area contributed by atoms with Crippen LogP contribution in [-0.4, -0.2) is 13.2 Å². The van der Waals surface area contributed by atoms with Gasteiger partial charge in [-0.15, -0.1) is 0 Å². The molecule has 0 unspecified atom stereocenters. The van der Waals surface area contributed by atoms with Crippen LogP contribution in [0.25, 0.3) is 0 Å². The summed E-state index contributed by atoms with van der Waals surface area (Å²) in [4.78, 5) is 0. The second kappa shape index (κ2) is 11.6. The van der Waals surface area contributed by atoms with E-state index < -0.39 is 0 Å². The van der Waals surface area contributed by atoms with E-state index in [9.17, 15) is 0 Å². The van der Waals surface area contributed by atoms with Gasteiger partial charge in [0, 0.05) is 0 Å². The summed E-state index contributed by atoms with van der Waals surface area (Å²) >= 11 is 4.76. The highest BCUT2D eigenvalue weighted by Crippen LogP contribution is 2.42. The third kappa shape index (κ3) is 6.14. The van der Waals surface area contributed by atoms with Crippen molar-refractivity contribution in [1.82, 2.24) is 0 Å². The van der Waals surface area contributed by atoms with Crippen molar-refractivity contribution in [1.29, 1.82) is 0 Å². The second-order valence-electron chi connectivity index (χ2n) is 8.78. The predicted octanol–water partition coefficient (Wildman–Crippen LogP) is 8.09. The Morgan fingerprint density at radius 3 is 1.75 bits per heavy atom. The molecule has 4 heteroatoms. The molecule has 0 saturated heterocycles. The fourth-order valence-corrected chi connectivity index (χ4v) is 6.49. The topological polar surface area (TPSA) is 18.5 Å². The van der Waals surface area contributed by atoms with E-state index in [0.29, 0.717) is 6.61 Å². The molecule has 3 rings (SSSR count). The van der Waals surface area contributed by atoms with Gasteiger partial charge in [0.1, 0.15) is 11.5 Å². The first-order valence-electron chi connectivity index (χ1n) is 11.4. The smallest absolute Gasteiger partial charge is 0.133 e. The Labute approximate surface area is 199 Å². The molecule has 2 nitrogen and oxygen atoms in total. The molecule has 28 heavy (non-hydrogen) atoms. The Balaban J connectivity index is 1.42. The van der Waals surface area contributed by atoms with Gasteiger partial charge in [0.2, 0.25) is 0 Å². The molecule has 0 radical (unpaired) electrons. The number of hydrogen-bond acceptors (Lipinski definition) is 2. The van der Waals surface area contributed by atoms with Crippen molar-refractivity contribution >= 4 is 45.2 Å². The number of benzene rings is 1. The molecule has 158 valence electrons. The van der Waals surface area contributed by atoms with Gasteiger partial charge in [-0.1, -0.05) is 32.6 Å². The van der Waals surface area contributed by atoms with Crippen LogP contribution in [-0.2, 0) is 0 Å². The number of hydrogen-bond donors (Lipinski definition) is 0. The van der Waals surface area contributed by atoms with Gasteiger partial charge in [-0.3, -0.25) is 0 Å². The normalized spacial score (nSPS) is 28.1. The van der Waals surface area contributed by atoms with Crippen LogP contribution < -0.4 is 9.47 Å². The van der Waals surface area contributed by atoms with Crippen LogP contribution in [0.2, 0.25) is 0 Å². The summed E-state index contributed by atoms with van der Waals surface area (Å²) in [6.07, 6.45) is 14.4. The average Bonchev–Trinajstić information content (AvgIpc) is 2.72. The van der Waals surface area contributed by atoms with E-state index in [1.54, 1.807) is 0 Å². The number of ether oxygens (including phenoxy) is 2. The van der Waals surface area contributed by atoms with Gasteiger partial charge in [0.15, 0.2) is 0 Å². The molecule has 0 atom stereocenters. The number of halogens is 2. The van der Waals surface area contributed by atoms with Crippen LogP contribution in [0.15, 0.2) is 12.1 Å². The average molecular weight is 610 g/mol. The summed E-state index contributed by atoms with van der Waals surface area (Å²) in [6, 6.07) is 4.13. The van der Waals surface area contributed by atoms with E-state index in [1.807, 2.05) is 6.92 Å². The fraction of sp³-hybridized carbons (Fsp3) is 0.750. The lowest BCUT2D eigenvalue weighted by atomic mass is 9.69. The van der Waals surface area contributed by atoms with Gasteiger partial charge in [-0.05, 0) is 126 Å². The van der Waals surface area contributed by atoms with Crippen LogP contribution in [0, 0.1) is 30.8 Å². The maximum absolute atomic E-state index is 6.24. The summed E-state index contributed by atoms with van der Waals surface area (Å²) < 4.78 is 14.3. The molecule has 0 N–H and O–H groups in total. The van der Waals surface area contributed by atoms with E-state index in [-0.39, 0.29) is 0 Å². The molecule has 1 aromatic rings. The lowest BCUT2D eigenvalue weighted by Gasteiger charge is -2.37. The van der Waals surface area contributed by atoms with Crippen molar-refractivity contribution in [3.63, 3.8) is 0 Å². The summed E-state index contributed by atoms with van der Waals surface area (Å²) in [5.41, 5.74) is 0. The molecule has 1 aromatic carbocycles. The van der Waals surface area contributed by atoms with Crippen molar-refractivity contribution in [2.45, 2.75) is 78.1 Å². The summed E-state index contributed by atoms with van der Waals surface area (Å²) in [6.45, 7) is 5.94. The molecule has 2 fully saturated rings. The molecular formula is C24H36I2O2. The monoisotopic (exact) mass is 610 g/mol. The van der Waals surface area contributed by atoms with Gasteiger partial charge in [0.25, 0.3) is 0 Å². The van der Waals surface area contributed by atoms with Crippen molar-refractivity contribution < 1.29 is 9.47 Å². The molecule has 0 amide bonds. The Morgan fingerprint density at radius 1 is 0.750 bits per heavy atom. The Morgan fingerprint density at radius 2 is 1.25 bits per heavy atom. The van der Waals surface area contributed by atoms with Crippen molar-refractivity contribution in [3.8, 4) is 11.5 Å². The fourth-order valence-electron chi connectivity index (χ4n) is 5.28. The van der Waals surface area contributed by atoms with E-state index in [2.05, 4.69) is 64.2 Å². The molecule has 2 saturated carbocycles. The van der Waals surface area contributed by atoms with Crippen LogP contribution in [0.4, 0.5) is 0 Å². The van der Waals surface area contributed by atoms with Gasteiger partial charge < -0.3 is 9.47 Å². The molecule has 2 aliphatic carbocycles. The molecule has 0 heterocycles. The van der Waals surface area contributed by atoms with Crippen molar-refractivity contribution in [3.05, 3.63) is 19.3 Å². The highest BCUT2D eigenvalue weighted by atomic mass is 127.